The molecule has 0 saturated carbocycles. The van der Waals surface area contributed by atoms with E-state index in [2.05, 4.69) is 11.1 Å². The monoisotopic (exact) mass is 432 g/mol. The van der Waals surface area contributed by atoms with Gasteiger partial charge in [0.05, 0.1) is 26.4 Å². The summed E-state index contributed by atoms with van der Waals surface area (Å²) >= 11 is 0. The maximum atomic E-state index is 10.2. The fourth-order valence-corrected chi connectivity index (χ4v) is 3.19. The second kappa shape index (κ2) is 24.1. The molecule has 0 aliphatic rings. The molecule has 0 unspecified atom stereocenters. The Balaban J connectivity index is 0. The normalized spacial score (nSPS) is 11.5. The second-order valence-corrected chi connectivity index (χ2v) is 8.10. The van der Waals surface area contributed by atoms with Gasteiger partial charge >= 0.3 is 29.6 Å². The van der Waals surface area contributed by atoms with Crippen LogP contribution in [0.25, 0.3) is 0 Å². The van der Waals surface area contributed by atoms with Crippen molar-refractivity contribution in [3.05, 3.63) is 0 Å². The maximum absolute atomic E-state index is 10.2. The Hall–Kier alpha value is 0.790. The van der Waals surface area contributed by atoms with E-state index in [9.17, 15) is 13.0 Å². The van der Waals surface area contributed by atoms with Crippen LogP contribution in [0.2, 0.25) is 0 Å². The molecule has 0 atom stereocenters. The first-order valence-electron chi connectivity index (χ1n) is 10.8. The summed E-state index contributed by atoms with van der Waals surface area (Å²) < 4.78 is 45.1. The van der Waals surface area contributed by atoms with E-state index in [0.717, 1.165) is 13.0 Å². The van der Waals surface area contributed by atoms with Crippen LogP contribution in [0.3, 0.4) is 0 Å². The van der Waals surface area contributed by atoms with Gasteiger partial charge in [-0.05, 0) is 6.42 Å². The summed E-state index contributed by atoms with van der Waals surface area (Å²) in [6, 6.07) is 0. The topological polar surface area (TPSA) is 84.9 Å². The van der Waals surface area contributed by atoms with Crippen molar-refractivity contribution in [3.63, 3.8) is 0 Å². The number of hydrogen-bond donors (Lipinski definition) is 0. The van der Waals surface area contributed by atoms with Gasteiger partial charge in [0.2, 0.25) is 10.4 Å². The van der Waals surface area contributed by atoms with Crippen molar-refractivity contribution in [2.24, 2.45) is 0 Å². The molecule has 0 spiro atoms. The first-order chi connectivity index (χ1) is 13.1. The van der Waals surface area contributed by atoms with Crippen LogP contribution in [-0.4, -0.2) is 46.0 Å². The van der Waals surface area contributed by atoms with E-state index in [0.29, 0.717) is 13.2 Å². The third kappa shape index (κ3) is 29.0. The predicted octanol–water partition coefficient (Wildman–Crippen LogP) is 1.98. The minimum Gasteiger partial charge on any atom is -0.726 e. The summed E-state index contributed by atoms with van der Waals surface area (Å²) in [5, 5.41) is 0. The van der Waals surface area contributed by atoms with Crippen LogP contribution >= 0.6 is 0 Å². The van der Waals surface area contributed by atoms with E-state index in [-0.39, 0.29) is 42.8 Å². The number of unbranched alkanes of at least 4 members (excludes halogenated alkanes) is 13. The molecule has 0 aliphatic carbocycles. The van der Waals surface area contributed by atoms with Gasteiger partial charge in [0.1, 0.15) is 0 Å². The Morgan fingerprint density at radius 1 is 0.571 bits per heavy atom. The van der Waals surface area contributed by atoms with Gasteiger partial charge in [0, 0.05) is 6.61 Å². The Morgan fingerprint density at radius 3 is 1.36 bits per heavy atom. The third-order valence-corrected chi connectivity index (χ3v) is 4.92. The molecule has 0 amide bonds. The van der Waals surface area contributed by atoms with Crippen LogP contribution in [0.15, 0.2) is 0 Å². The van der Waals surface area contributed by atoms with Gasteiger partial charge in [-0.1, -0.05) is 90.4 Å². The van der Waals surface area contributed by atoms with Crippen molar-refractivity contribution in [2.75, 3.05) is 33.0 Å². The molecular formula is C20H41NaO6S. The molecule has 28 heavy (non-hydrogen) atoms. The average molecular weight is 433 g/mol. The summed E-state index contributed by atoms with van der Waals surface area (Å²) in [7, 11) is -4.61. The Labute approximate surface area is 195 Å². The van der Waals surface area contributed by atoms with E-state index >= 15 is 0 Å². The van der Waals surface area contributed by atoms with Crippen LogP contribution in [0.4, 0.5) is 0 Å². The average Bonchev–Trinajstić information content (AvgIpc) is 2.62. The van der Waals surface area contributed by atoms with Crippen LogP contribution in [0.1, 0.15) is 96.8 Å². The van der Waals surface area contributed by atoms with Crippen molar-refractivity contribution >= 4 is 10.4 Å². The fourth-order valence-electron chi connectivity index (χ4n) is 2.92. The molecule has 0 heterocycles. The SMILES string of the molecule is CCCCCCCCCCCCCCCCOCCOCCOS(=O)(=O)[O-].[Na+]. The molecule has 0 aliphatic heterocycles. The molecule has 0 aromatic rings. The molecule has 0 aromatic carbocycles. The van der Waals surface area contributed by atoms with Crippen LogP contribution in [-0.2, 0) is 24.1 Å². The largest absolute Gasteiger partial charge is 1.00 e. The molecule has 0 N–H and O–H groups in total. The van der Waals surface area contributed by atoms with E-state index < -0.39 is 10.4 Å². The zero-order valence-corrected chi connectivity index (χ0v) is 21.1. The van der Waals surface area contributed by atoms with Gasteiger partial charge in [-0.2, -0.15) is 0 Å². The first kappa shape index (κ1) is 31.0. The van der Waals surface area contributed by atoms with E-state index in [1.54, 1.807) is 0 Å². The Morgan fingerprint density at radius 2 is 0.929 bits per heavy atom. The van der Waals surface area contributed by atoms with Gasteiger partial charge in [0.25, 0.3) is 0 Å². The fraction of sp³-hybridized carbons (Fsp3) is 1.00. The molecular weight excluding hydrogens is 391 g/mol. The Bertz CT molecular complexity index is 392. The standard InChI is InChI=1S/C20H42O6S.Na/c1-2-3-4-5-6-7-8-9-10-11-12-13-14-15-16-24-17-18-25-19-20-26-27(21,22)23;/h2-20H2,1H3,(H,21,22,23);/q;+1/p-1. The summed E-state index contributed by atoms with van der Waals surface area (Å²) in [5.41, 5.74) is 0. The molecule has 0 saturated heterocycles. The van der Waals surface area contributed by atoms with Crippen molar-refractivity contribution < 1.29 is 56.2 Å². The van der Waals surface area contributed by atoms with Gasteiger partial charge < -0.3 is 14.0 Å². The van der Waals surface area contributed by atoms with Gasteiger partial charge in [-0.3, -0.25) is 4.18 Å². The molecule has 0 bridgehead atoms. The minimum atomic E-state index is -4.61. The zero-order chi connectivity index (χ0) is 20.1. The molecule has 0 radical (unpaired) electrons. The maximum Gasteiger partial charge on any atom is 1.00 e. The van der Waals surface area contributed by atoms with Gasteiger partial charge in [0.15, 0.2) is 0 Å². The van der Waals surface area contributed by atoms with Gasteiger partial charge in [-0.15, -0.1) is 0 Å². The summed E-state index contributed by atoms with van der Waals surface area (Å²) in [5.74, 6) is 0. The van der Waals surface area contributed by atoms with Crippen LogP contribution in [0.5, 0.6) is 0 Å². The van der Waals surface area contributed by atoms with Crippen molar-refractivity contribution in [3.8, 4) is 0 Å². The third-order valence-electron chi connectivity index (χ3n) is 4.47. The van der Waals surface area contributed by atoms with E-state index in [1.807, 2.05) is 0 Å². The summed E-state index contributed by atoms with van der Waals surface area (Å²) in [6.45, 7) is 3.67. The number of hydrogen-bond acceptors (Lipinski definition) is 6. The van der Waals surface area contributed by atoms with Crippen molar-refractivity contribution in [1.29, 1.82) is 0 Å². The second-order valence-electron chi connectivity index (χ2n) is 7.05. The molecule has 0 fully saturated rings. The van der Waals surface area contributed by atoms with Crippen LogP contribution < -0.4 is 29.6 Å². The zero-order valence-electron chi connectivity index (χ0n) is 18.3. The Kier molecular flexibility index (Phi) is 26.6. The molecule has 0 aromatic heterocycles. The molecule has 164 valence electrons. The predicted molar refractivity (Wildman–Crippen MR) is 108 cm³/mol. The first-order valence-corrected chi connectivity index (χ1v) is 12.2. The smallest absolute Gasteiger partial charge is 0.726 e. The molecule has 8 heteroatoms. The van der Waals surface area contributed by atoms with Crippen LogP contribution in [0, 0.1) is 0 Å². The summed E-state index contributed by atoms with van der Waals surface area (Å²) in [4.78, 5) is 0. The minimum absolute atomic E-state index is 0. The van der Waals surface area contributed by atoms with E-state index in [1.165, 1.54) is 83.5 Å². The van der Waals surface area contributed by atoms with E-state index in [4.69, 9.17) is 9.47 Å². The quantitative estimate of drug-likeness (QED) is 0.113. The number of ether oxygens (including phenoxy) is 2. The van der Waals surface area contributed by atoms with Crippen molar-refractivity contribution in [2.45, 2.75) is 96.8 Å². The molecule has 6 nitrogen and oxygen atoms in total. The summed E-state index contributed by atoms with van der Waals surface area (Å²) in [6.07, 6.45) is 18.8. The van der Waals surface area contributed by atoms with Gasteiger partial charge in [-0.25, -0.2) is 8.42 Å². The number of rotatable bonds is 22. The van der Waals surface area contributed by atoms with Crippen molar-refractivity contribution in [1.82, 2.24) is 0 Å². The molecule has 0 rings (SSSR count).